The Morgan fingerprint density at radius 2 is 1.69 bits per heavy atom. The Morgan fingerprint density at radius 3 is 2.50 bits per heavy atom. The zero-order chi connectivity index (χ0) is 17.7. The fraction of sp³-hybridized carbons (Fsp3) is 0.174. The van der Waals surface area contributed by atoms with Crippen LogP contribution < -0.4 is 0 Å². The summed E-state index contributed by atoms with van der Waals surface area (Å²) in [6.07, 6.45) is 0.269. The minimum atomic E-state index is 0.0889. The Balaban J connectivity index is 1.73. The third-order valence-corrected chi connectivity index (χ3v) is 5.28. The number of aromatic nitrogens is 1. The van der Waals surface area contributed by atoms with Crippen LogP contribution in [0.5, 0.6) is 0 Å². The lowest BCUT2D eigenvalue weighted by Crippen LogP contribution is -2.08. The summed E-state index contributed by atoms with van der Waals surface area (Å²) in [4.78, 5) is 13.6. The number of ether oxygens (including phenoxy) is 1. The van der Waals surface area contributed by atoms with Gasteiger partial charge in [-0.25, -0.2) is 0 Å². The molecule has 0 bridgehead atoms. The molecule has 2 heterocycles. The van der Waals surface area contributed by atoms with E-state index in [1.807, 2.05) is 67.6 Å². The molecule has 1 aromatic heterocycles. The number of carbonyl (C=O) groups is 1. The van der Waals surface area contributed by atoms with E-state index in [2.05, 4.69) is 10.6 Å². The van der Waals surface area contributed by atoms with Gasteiger partial charge in [-0.3, -0.25) is 4.79 Å². The monoisotopic (exact) mass is 341 g/mol. The van der Waals surface area contributed by atoms with Gasteiger partial charge in [0, 0.05) is 22.2 Å². The first-order chi connectivity index (χ1) is 12.7. The van der Waals surface area contributed by atoms with Crippen molar-refractivity contribution in [2.45, 2.75) is 19.6 Å². The summed E-state index contributed by atoms with van der Waals surface area (Å²) in [5.41, 5.74) is 3.68. The SMILES string of the molecule is Cc1c(C(=O)c2cccc3ccccc23)c2ccccc2n1CC1CO1. The zero-order valence-corrected chi connectivity index (χ0v) is 14.6. The van der Waals surface area contributed by atoms with Crippen LogP contribution in [0.2, 0.25) is 0 Å². The van der Waals surface area contributed by atoms with E-state index in [4.69, 9.17) is 4.74 Å². The molecule has 1 unspecified atom stereocenters. The number of epoxide rings is 1. The summed E-state index contributed by atoms with van der Waals surface area (Å²) in [5, 5.41) is 3.11. The zero-order valence-electron chi connectivity index (χ0n) is 14.6. The van der Waals surface area contributed by atoms with Crippen LogP contribution in [-0.2, 0) is 11.3 Å². The molecular weight excluding hydrogens is 322 g/mol. The van der Waals surface area contributed by atoms with Gasteiger partial charge in [-0.1, -0.05) is 60.7 Å². The number of carbonyl (C=O) groups excluding carboxylic acids is 1. The van der Waals surface area contributed by atoms with E-state index in [1.54, 1.807) is 0 Å². The van der Waals surface area contributed by atoms with Gasteiger partial charge in [-0.05, 0) is 23.8 Å². The molecule has 26 heavy (non-hydrogen) atoms. The predicted molar refractivity (Wildman–Crippen MR) is 104 cm³/mol. The van der Waals surface area contributed by atoms with E-state index in [1.165, 1.54) is 0 Å². The number of hydrogen-bond donors (Lipinski definition) is 0. The molecule has 1 saturated heterocycles. The summed E-state index contributed by atoms with van der Waals surface area (Å²) in [6, 6.07) is 22.2. The second-order valence-electron chi connectivity index (χ2n) is 6.90. The van der Waals surface area contributed by atoms with Gasteiger partial charge in [0.1, 0.15) is 0 Å². The highest BCUT2D eigenvalue weighted by atomic mass is 16.6. The highest BCUT2D eigenvalue weighted by Crippen LogP contribution is 2.31. The maximum absolute atomic E-state index is 13.6. The highest BCUT2D eigenvalue weighted by Gasteiger charge is 2.27. The average molecular weight is 341 g/mol. The molecule has 0 spiro atoms. The van der Waals surface area contributed by atoms with Crippen molar-refractivity contribution in [1.82, 2.24) is 4.57 Å². The van der Waals surface area contributed by atoms with Crippen molar-refractivity contribution in [1.29, 1.82) is 0 Å². The van der Waals surface area contributed by atoms with Gasteiger partial charge < -0.3 is 9.30 Å². The van der Waals surface area contributed by atoms with E-state index in [0.717, 1.165) is 51.6 Å². The summed E-state index contributed by atoms with van der Waals surface area (Å²) in [7, 11) is 0. The Hall–Kier alpha value is -2.91. The lowest BCUT2D eigenvalue weighted by Gasteiger charge is -2.08. The number of benzene rings is 3. The molecule has 0 amide bonds. The van der Waals surface area contributed by atoms with Crippen molar-refractivity contribution in [3.63, 3.8) is 0 Å². The van der Waals surface area contributed by atoms with E-state index >= 15 is 0 Å². The van der Waals surface area contributed by atoms with Crippen molar-refractivity contribution in [2.75, 3.05) is 6.61 Å². The number of para-hydroxylation sites is 1. The Bertz CT molecular complexity index is 1150. The van der Waals surface area contributed by atoms with Gasteiger partial charge in [0.2, 0.25) is 0 Å². The largest absolute Gasteiger partial charge is 0.371 e. The average Bonchev–Trinajstić information content (AvgIpc) is 3.45. The second kappa shape index (κ2) is 5.82. The first-order valence-corrected chi connectivity index (χ1v) is 8.96. The molecule has 5 rings (SSSR count). The summed E-state index contributed by atoms with van der Waals surface area (Å²) in [5.74, 6) is 0.0889. The van der Waals surface area contributed by atoms with Gasteiger partial charge in [0.15, 0.2) is 5.78 Å². The molecule has 0 aliphatic carbocycles. The van der Waals surface area contributed by atoms with Crippen molar-refractivity contribution in [3.05, 3.63) is 83.6 Å². The van der Waals surface area contributed by atoms with Crippen LogP contribution in [-0.4, -0.2) is 23.1 Å². The van der Waals surface area contributed by atoms with E-state index in [0.29, 0.717) is 0 Å². The lowest BCUT2D eigenvalue weighted by atomic mass is 9.95. The van der Waals surface area contributed by atoms with Crippen LogP contribution in [0, 0.1) is 6.92 Å². The smallest absolute Gasteiger partial charge is 0.196 e. The molecule has 128 valence electrons. The predicted octanol–water partition coefficient (Wildman–Crippen LogP) is 4.73. The molecule has 1 atom stereocenters. The molecule has 1 fully saturated rings. The summed E-state index contributed by atoms with van der Waals surface area (Å²) < 4.78 is 7.65. The summed E-state index contributed by atoms with van der Waals surface area (Å²) in [6.45, 7) is 3.65. The molecule has 3 aromatic carbocycles. The van der Waals surface area contributed by atoms with Gasteiger partial charge in [0.25, 0.3) is 0 Å². The van der Waals surface area contributed by atoms with Gasteiger partial charge in [-0.15, -0.1) is 0 Å². The molecule has 1 aliphatic rings. The highest BCUT2D eigenvalue weighted by molar-refractivity contribution is 6.22. The van der Waals surface area contributed by atoms with Crippen LogP contribution >= 0.6 is 0 Å². The van der Waals surface area contributed by atoms with Crippen LogP contribution in [0.1, 0.15) is 21.6 Å². The Kier molecular flexibility index (Phi) is 3.44. The number of fused-ring (bicyclic) bond motifs is 2. The van der Waals surface area contributed by atoms with Crippen LogP contribution in [0.3, 0.4) is 0 Å². The molecule has 0 saturated carbocycles. The molecule has 0 N–H and O–H groups in total. The van der Waals surface area contributed by atoms with Crippen LogP contribution in [0.4, 0.5) is 0 Å². The first-order valence-electron chi connectivity index (χ1n) is 8.96. The molecule has 3 heteroatoms. The second-order valence-corrected chi connectivity index (χ2v) is 6.90. The molecule has 4 aromatic rings. The number of hydrogen-bond acceptors (Lipinski definition) is 2. The third kappa shape index (κ3) is 2.36. The standard InChI is InChI=1S/C23H19NO2/c1-15-22(20-10-4-5-12-21(20)24(15)13-17-14-26-17)23(25)19-11-6-8-16-7-2-3-9-18(16)19/h2-12,17H,13-14H2,1H3. The van der Waals surface area contributed by atoms with Gasteiger partial charge >= 0.3 is 0 Å². The normalized spacial score (nSPS) is 16.3. The minimum absolute atomic E-state index is 0.0889. The molecule has 1 aliphatic heterocycles. The lowest BCUT2D eigenvalue weighted by molar-refractivity contribution is 0.104. The van der Waals surface area contributed by atoms with Crippen molar-refractivity contribution >= 4 is 27.5 Å². The van der Waals surface area contributed by atoms with Crippen LogP contribution in [0.15, 0.2) is 66.7 Å². The third-order valence-electron chi connectivity index (χ3n) is 5.28. The number of ketones is 1. The van der Waals surface area contributed by atoms with Crippen molar-refractivity contribution in [2.24, 2.45) is 0 Å². The van der Waals surface area contributed by atoms with E-state index in [-0.39, 0.29) is 11.9 Å². The summed E-state index contributed by atoms with van der Waals surface area (Å²) >= 11 is 0. The fourth-order valence-electron chi connectivity index (χ4n) is 3.89. The topological polar surface area (TPSA) is 34.5 Å². The Morgan fingerprint density at radius 1 is 1.00 bits per heavy atom. The van der Waals surface area contributed by atoms with Gasteiger partial charge in [-0.2, -0.15) is 0 Å². The first kappa shape index (κ1) is 15.4. The Labute approximate surface area is 151 Å². The van der Waals surface area contributed by atoms with Crippen LogP contribution in [0.25, 0.3) is 21.7 Å². The quantitative estimate of drug-likeness (QED) is 0.397. The minimum Gasteiger partial charge on any atom is -0.371 e. The molecule has 3 nitrogen and oxygen atoms in total. The number of nitrogens with zero attached hydrogens (tertiary/aromatic N) is 1. The molecule has 0 radical (unpaired) electrons. The molecular formula is C23H19NO2. The van der Waals surface area contributed by atoms with E-state index < -0.39 is 0 Å². The van der Waals surface area contributed by atoms with Crippen molar-refractivity contribution < 1.29 is 9.53 Å². The van der Waals surface area contributed by atoms with E-state index in [9.17, 15) is 4.79 Å². The number of rotatable bonds is 4. The maximum Gasteiger partial charge on any atom is 0.196 e. The van der Waals surface area contributed by atoms with Gasteiger partial charge in [0.05, 0.1) is 24.8 Å². The maximum atomic E-state index is 13.6. The fourth-order valence-corrected chi connectivity index (χ4v) is 3.89. The van der Waals surface area contributed by atoms with Crippen molar-refractivity contribution in [3.8, 4) is 0 Å².